The number of aromatic nitrogens is 2. The SMILES string of the molecule is CNc1cc(CN(C)C)nc(C2CCCCN2C)n1. The molecule has 106 valence electrons. The normalized spacial score (nSPS) is 20.8. The predicted octanol–water partition coefficient (Wildman–Crippen LogP) is 1.74. The van der Waals surface area contributed by atoms with Gasteiger partial charge in [-0.05, 0) is 40.5 Å². The van der Waals surface area contributed by atoms with E-state index in [1.165, 1.54) is 12.8 Å². The molecule has 0 aliphatic carbocycles. The third kappa shape index (κ3) is 3.64. The Morgan fingerprint density at radius 2 is 2.16 bits per heavy atom. The molecule has 0 bridgehead atoms. The Balaban J connectivity index is 2.27. The Morgan fingerprint density at radius 1 is 1.37 bits per heavy atom. The fourth-order valence-electron chi connectivity index (χ4n) is 2.60. The van der Waals surface area contributed by atoms with E-state index in [-0.39, 0.29) is 0 Å². The molecule has 1 saturated heterocycles. The molecule has 2 rings (SSSR count). The Bertz CT molecular complexity index is 418. The molecule has 5 heteroatoms. The zero-order chi connectivity index (χ0) is 13.8. The number of likely N-dealkylation sites (tertiary alicyclic amines) is 1. The van der Waals surface area contributed by atoms with E-state index in [9.17, 15) is 0 Å². The van der Waals surface area contributed by atoms with Gasteiger partial charge in [-0.15, -0.1) is 0 Å². The van der Waals surface area contributed by atoms with Crippen molar-refractivity contribution >= 4 is 5.82 Å². The number of piperidine rings is 1. The third-order valence-electron chi connectivity index (χ3n) is 3.60. The van der Waals surface area contributed by atoms with E-state index < -0.39 is 0 Å². The maximum absolute atomic E-state index is 4.76. The Hall–Kier alpha value is -1.20. The average molecular weight is 263 g/mol. The number of anilines is 1. The molecule has 0 aromatic carbocycles. The van der Waals surface area contributed by atoms with E-state index in [4.69, 9.17) is 4.98 Å². The van der Waals surface area contributed by atoms with E-state index in [0.29, 0.717) is 6.04 Å². The molecule has 1 aromatic heterocycles. The van der Waals surface area contributed by atoms with E-state index in [2.05, 4.69) is 41.2 Å². The van der Waals surface area contributed by atoms with Gasteiger partial charge in [0.25, 0.3) is 0 Å². The molecule has 2 heterocycles. The molecule has 0 saturated carbocycles. The highest BCUT2D eigenvalue weighted by molar-refractivity contribution is 5.35. The standard InChI is InChI=1S/C14H25N5/c1-15-13-9-11(10-18(2)3)16-14(17-13)12-7-5-6-8-19(12)4/h9,12H,5-8,10H2,1-4H3,(H,15,16,17). The van der Waals surface area contributed by atoms with Crippen molar-refractivity contribution in [3.05, 3.63) is 17.6 Å². The van der Waals surface area contributed by atoms with Crippen molar-refractivity contribution in [1.82, 2.24) is 19.8 Å². The molecule has 0 radical (unpaired) electrons. The minimum atomic E-state index is 0.364. The molecule has 1 N–H and O–H groups in total. The second-order valence-corrected chi connectivity index (χ2v) is 5.58. The van der Waals surface area contributed by atoms with Crippen molar-refractivity contribution in [2.45, 2.75) is 31.8 Å². The molecule has 0 amide bonds. The smallest absolute Gasteiger partial charge is 0.148 e. The lowest BCUT2D eigenvalue weighted by molar-refractivity contribution is 0.179. The molecule has 1 fully saturated rings. The van der Waals surface area contributed by atoms with Crippen molar-refractivity contribution < 1.29 is 0 Å². The average Bonchev–Trinajstić information content (AvgIpc) is 2.38. The highest BCUT2D eigenvalue weighted by atomic mass is 15.2. The van der Waals surface area contributed by atoms with E-state index >= 15 is 0 Å². The van der Waals surface area contributed by atoms with E-state index in [1.54, 1.807) is 0 Å². The molecule has 1 aliphatic heterocycles. The van der Waals surface area contributed by atoms with Crippen LogP contribution in [0.2, 0.25) is 0 Å². The minimum Gasteiger partial charge on any atom is -0.373 e. The fourth-order valence-corrected chi connectivity index (χ4v) is 2.60. The van der Waals surface area contributed by atoms with E-state index in [0.717, 1.165) is 36.8 Å². The molecule has 1 aliphatic rings. The molecule has 1 unspecified atom stereocenters. The number of nitrogens with zero attached hydrogens (tertiary/aromatic N) is 4. The van der Waals surface area contributed by atoms with Crippen LogP contribution in [0.5, 0.6) is 0 Å². The fraction of sp³-hybridized carbons (Fsp3) is 0.714. The summed E-state index contributed by atoms with van der Waals surface area (Å²) in [5.74, 6) is 1.88. The molecule has 5 nitrogen and oxygen atoms in total. The maximum Gasteiger partial charge on any atom is 0.148 e. The lowest BCUT2D eigenvalue weighted by Gasteiger charge is -2.31. The Kier molecular flexibility index (Phi) is 4.71. The van der Waals surface area contributed by atoms with Gasteiger partial charge in [0.1, 0.15) is 11.6 Å². The van der Waals surface area contributed by atoms with Crippen LogP contribution >= 0.6 is 0 Å². The summed E-state index contributed by atoms with van der Waals surface area (Å²) in [6.07, 6.45) is 3.71. The third-order valence-corrected chi connectivity index (χ3v) is 3.60. The first-order valence-electron chi connectivity index (χ1n) is 7.00. The van der Waals surface area contributed by atoms with Crippen molar-refractivity contribution in [2.75, 3.05) is 40.1 Å². The van der Waals surface area contributed by atoms with Crippen LogP contribution in [0.3, 0.4) is 0 Å². The molecule has 0 spiro atoms. The van der Waals surface area contributed by atoms with Crippen LogP contribution in [0.15, 0.2) is 6.07 Å². The van der Waals surface area contributed by atoms with Crippen LogP contribution in [0, 0.1) is 0 Å². The Labute approximate surface area is 116 Å². The molecule has 1 aromatic rings. The summed E-state index contributed by atoms with van der Waals surface area (Å²) in [6, 6.07) is 2.40. The first-order valence-corrected chi connectivity index (χ1v) is 7.00. The van der Waals surface area contributed by atoms with Gasteiger partial charge in [-0.1, -0.05) is 6.42 Å². The minimum absolute atomic E-state index is 0.364. The highest BCUT2D eigenvalue weighted by Crippen LogP contribution is 2.28. The lowest BCUT2D eigenvalue weighted by Crippen LogP contribution is -2.31. The zero-order valence-electron chi connectivity index (χ0n) is 12.5. The topological polar surface area (TPSA) is 44.3 Å². The lowest BCUT2D eigenvalue weighted by atomic mass is 10.0. The predicted molar refractivity (Wildman–Crippen MR) is 78.2 cm³/mol. The second kappa shape index (κ2) is 6.30. The Morgan fingerprint density at radius 3 is 2.79 bits per heavy atom. The number of rotatable bonds is 4. The summed E-state index contributed by atoms with van der Waals surface area (Å²) in [4.78, 5) is 13.9. The van der Waals surface area contributed by atoms with Crippen LogP contribution in [0.25, 0.3) is 0 Å². The van der Waals surface area contributed by atoms with Crippen molar-refractivity contribution in [3.63, 3.8) is 0 Å². The number of hydrogen-bond acceptors (Lipinski definition) is 5. The summed E-state index contributed by atoms with van der Waals surface area (Å²) < 4.78 is 0. The highest BCUT2D eigenvalue weighted by Gasteiger charge is 2.23. The summed E-state index contributed by atoms with van der Waals surface area (Å²) in [5, 5.41) is 3.15. The number of hydrogen-bond donors (Lipinski definition) is 1. The van der Waals surface area contributed by atoms with Crippen molar-refractivity contribution in [1.29, 1.82) is 0 Å². The first-order chi connectivity index (χ1) is 9.10. The molecular formula is C14H25N5. The van der Waals surface area contributed by atoms with Gasteiger partial charge in [-0.3, -0.25) is 4.90 Å². The van der Waals surface area contributed by atoms with E-state index in [1.807, 2.05) is 13.1 Å². The summed E-state index contributed by atoms with van der Waals surface area (Å²) in [7, 11) is 8.21. The van der Waals surface area contributed by atoms with Gasteiger partial charge < -0.3 is 10.2 Å². The van der Waals surface area contributed by atoms with Gasteiger partial charge in [0.15, 0.2) is 0 Å². The van der Waals surface area contributed by atoms with Crippen molar-refractivity contribution in [2.24, 2.45) is 0 Å². The van der Waals surface area contributed by atoms with Crippen LogP contribution in [-0.4, -0.2) is 54.5 Å². The molecule has 19 heavy (non-hydrogen) atoms. The first kappa shape index (κ1) is 14.2. The van der Waals surface area contributed by atoms with Gasteiger partial charge >= 0.3 is 0 Å². The monoisotopic (exact) mass is 263 g/mol. The zero-order valence-corrected chi connectivity index (χ0v) is 12.5. The van der Waals surface area contributed by atoms with Crippen LogP contribution in [0.4, 0.5) is 5.82 Å². The van der Waals surface area contributed by atoms with Gasteiger partial charge in [0, 0.05) is 19.7 Å². The summed E-state index contributed by atoms with van der Waals surface area (Å²) in [5.41, 5.74) is 1.08. The van der Waals surface area contributed by atoms with Gasteiger partial charge in [0.05, 0.1) is 11.7 Å². The van der Waals surface area contributed by atoms with Crippen LogP contribution in [-0.2, 0) is 6.54 Å². The van der Waals surface area contributed by atoms with Gasteiger partial charge in [-0.2, -0.15) is 0 Å². The second-order valence-electron chi connectivity index (χ2n) is 5.58. The van der Waals surface area contributed by atoms with Crippen LogP contribution < -0.4 is 5.32 Å². The summed E-state index contributed by atoms with van der Waals surface area (Å²) in [6.45, 7) is 1.99. The largest absolute Gasteiger partial charge is 0.373 e. The maximum atomic E-state index is 4.76. The van der Waals surface area contributed by atoms with Crippen LogP contribution in [0.1, 0.15) is 36.8 Å². The quantitative estimate of drug-likeness (QED) is 0.896. The summed E-state index contributed by atoms with van der Waals surface area (Å²) >= 11 is 0. The van der Waals surface area contributed by atoms with Gasteiger partial charge in [-0.25, -0.2) is 9.97 Å². The van der Waals surface area contributed by atoms with Crippen molar-refractivity contribution in [3.8, 4) is 0 Å². The molecule has 1 atom stereocenters. The molecular weight excluding hydrogens is 238 g/mol. The van der Waals surface area contributed by atoms with Gasteiger partial charge in [0.2, 0.25) is 0 Å². The number of nitrogens with one attached hydrogen (secondary N) is 1.